The Hall–Kier alpha value is -4.01. The summed E-state index contributed by atoms with van der Waals surface area (Å²) in [5, 5.41) is 13.9. The second kappa shape index (κ2) is 11.2. The van der Waals surface area contributed by atoms with Gasteiger partial charge in [-0.1, -0.05) is 11.6 Å². The maximum Gasteiger partial charge on any atom is 0.331 e. The lowest BCUT2D eigenvalue weighted by molar-refractivity contribution is -0.0566. The molecule has 1 aliphatic heterocycles. The molecule has 1 fully saturated rings. The van der Waals surface area contributed by atoms with Gasteiger partial charge in [-0.05, 0) is 44.0 Å². The number of aromatic nitrogens is 1. The lowest BCUT2D eigenvalue weighted by Gasteiger charge is -2.33. The molecule has 9 nitrogen and oxygen atoms in total. The molecule has 2 heterocycles. The summed E-state index contributed by atoms with van der Waals surface area (Å²) in [6, 6.07) is 5.27. The van der Waals surface area contributed by atoms with E-state index >= 15 is 8.78 Å². The van der Waals surface area contributed by atoms with Gasteiger partial charge in [-0.25, -0.2) is 23.1 Å². The quantitative estimate of drug-likeness (QED) is 0.0881. The first-order valence-electron chi connectivity index (χ1n) is 13.2. The van der Waals surface area contributed by atoms with E-state index in [9.17, 15) is 23.1 Å². The zero-order chi connectivity index (χ0) is 32.2. The standard InChI is InChI=1S/C29H27ClF5N5O4/c1-27(37)12-44-24-16(27)8-21(40-23(24)15-7-17(30)19(32)9-18(15)31)29(42,28(35)3-4-28)11-39-25(41)13-5-14(10-38-26(33)34)22(36)20(6-13)43-2/h5-10,26,42H,3-4,11-12,36-37H2,1-2H3,(H,39,41)/b38-10+/t27-,29-/m0/s1. The number of aliphatic hydroxyl groups is 1. The fourth-order valence-corrected chi connectivity index (χ4v) is 5.17. The molecule has 234 valence electrons. The van der Waals surface area contributed by atoms with E-state index < -0.39 is 52.5 Å². The molecule has 0 radical (unpaired) electrons. The van der Waals surface area contributed by atoms with E-state index in [0.29, 0.717) is 6.07 Å². The molecule has 0 unspecified atom stereocenters. The number of nitrogen functional groups attached to an aromatic ring is 1. The highest BCUT2D eigenvalue weighted by Crippen LogP contribution is 2.54. The predicted molar refractivity (Wildman–Crippen MR) is 152 cm³/mol. The fraction of sp³-hybridized carbons (Fsp3) is 0.345. The number of amides is 1. The van der Waals surface area contributed by atoms with Crippen LogP contribution >= 0.6 is 11.6 Å². The highest BCUT2D eigenvalue weighted by molar-refractivity contribution is 6.31. The first-order chi connectivity index (χ1) is 20.6. The molecule has 1 aliphatic carbocycles. The van der Waals surface area contributed by atoms with Gasteiger partial charge in [0.05, 0.1) is 35.6 Å². The Labute approximate surface area is 253 Å². The number of aliphatic imine (C=N–C) groups is 1. The van der Waals surface area contributed by atoms with Crippen LogP contribution < -0.4 is 26.3 Å². The molecule has 6 N–H and O–H groups in total. The van der Waals surface area contributed by atoms with Crippen LogP contribution in [0.15, 0.2) is 35.3 Å². The number of carbonyl (C=O) groups excluding carboxylic acids is 1. The smallest absolute Gasteiger partial charge is 0.331 e. The van der Waals surface area contributed by atoms with Gasteiger partial charge in [0.15, 0.2) is 11.4 Å². The Morgan fingerprint density at radius 3 is 2.61 bits per heavy atom. The number of nitrogens with one attached hydrogen (secondary N) is 1. The second-order valence-corrected chi connectivity index (χ2v) is 11.3. The third-order valence-corrected chi connectivity index (χ3v) is 8.00. The van der Waals surface area contributed by atoms with E-state index in [1.807, 2.05) is 0 Å². The van der Waals surface area contributed by atoms with Gasteiger partial charge in [-0.3, -0.25) is 4.79 Å². The second-order valence-electron chi connectivity index (χ2n) is 10.9. The van der Waals surface area contributed by atoms with Crippen molar-refractivity contribution in [2.45, 2.75) is 43.1 Å². The van der Waals surface area contributed by atoms with E-state index in [1.165, 1.54) is 25.3 Å². The highest BCUT2D eigenvalue weighted by atomic mass is 35.5. The lowest BCUT2D eigenvalue weighted by atomic mass is 9.86. The van der Waals surface area contributed by atoms with Gasteiger partial charge in [-0.2, -0.15) is 8.78 Å². The zero-order valence-electron chi connectivity index (χ0n) is 23.4. The van der Waals surface area contributed by atoms with Crippen LogP contribution in [0.2, 0.25) is 5.02 Å². The van der Waals surface area contributed by atoms with Crippen molar-refractivity contribution in [3.8, 4) is 22.8 Å². The highest BCUT2D eigenvalue weighted by Gasteiger charge is 2.62. The topological polar surface area (TPSA) is 145 Å². The number of halogens is 6. The van der Waals surface area contributed by atoms with Crippen molar-refractivity contribution in [3.63, 3.8) is 0 Å². The molecular formula is C29H27ClF5N5O4. The molecule has 1 amide bonds. The summed E-state index contributed by atoms with van der Waals surface area (Å²) in [6.07, 6.45) is 0.591. The molecule has 5 rings (SSSR count). The normalized spacial score (nSPS) is 19.9. The SMILES string of the molecule is COc1cc(C(=O)NC[C@](O)(c2cc3c(c(-c4cc(Cl)c(F)cc4F)n2)OC[C@]3(C)N)C2(F)CC2)cc(/C=N/C(F)F)c1N. The molecule has 15 heteroatoms. The van der Waals surface area contributed by atoms with Crippen LogP contribution in [-0.2, 0) is 11.1 Å². The molecule has 2 atom stereocenters. The minimum absolute atomic E-state index is 0.0140. The Balaban J connectivity index is 1.57. The Morgan fingerprint density at radius 1 is 1.27 bits per heavy atom. The van der Waals surface area contributed by atoms with Crippen LogP contribution in [0.3, 0.4) is 0 Å². The third kappa shape index (κ3) is 5.53. The van der Waals surface area contributed by atoms with Crippen LogP contribution in [0, 0.1) is 11.6 Å². The first-order valence-corrected chi connectivity index (χ1v) is 13.6. The molecule has 1 aromatic heterocycles. The van der Waals surface area contributed by atoms with Crippen molar-refractivity contribution in [3.05, 3.63) is 69.4 Å². The summed E-state index contributed by atoms with van der Waals surface area (Å²) in [5.74, 6) is -2.88. The average Bonchev–Trinajstić information content (AvgIpc) is 3.66. The van der Waals surface area contributed by atoms with Crippen molar-refractivity contribution in [2.75, 3.05) is 26.0 Å². The maximum atomic E-state index is 16.0. The fourth-order valence-electron chi connectivity index (χ4n) is 5.01. The monoisotopic (exact) mass is 639 g/mol. The van der Waals surface area contributed by atoms with Crippen LogP contribution in [0.1, 0.15) is 46.9 Å². The van der Waals surface area contributed by atoms with Crippen molar-refractivity contribution in [1.29, 1.82) is 0 Å². The number of nitrogens with two attached hydrogens (primary N) is 2. The van der Waals surface area contributed by atoms with Crippen molar-refractivity contribution < 1.29 is 41.3 Å². The molecule has 0 spiro atoms. The first kappa shape index (κ1) is 31.4. The predicted octanol–water partition coefficient (Wildman–Crippen LogP) is 4.60. The number of methoxy groups -OCH3 is 1. The summed E-state index contributed by atoms with van der Waals surface area (Å²) < 4.78 is 81.2. The molecule has 1 saturated carbocycles. The number of anilines is 1. The third-order valence-electron chi connectivity index (χ3n) is 7.71. The number of ether oxygens (including phenoxy) is 2. The van der Waals surface area contributed by atoms with Crippen molar-refractivity contribution in [1.82, 2.24) is 10.3 Å². The van der Waals surface area contributed by atoms with Gasteiger partial charge >= 0.3 is 6.55 Å². The molecule has 0 saturated heterocycles. The largest absolute Gasteiger partial charge is 0.495 e. The minimum atomic E-state index is -3.03. The Bertz CT molecular complexity index is 1680. The van der Waals surface area contributed by atoms with Gasteiger partial charge in [0, 0.05) is 34.5 Å². The molecule has 0 bridgehead atoms. The average molecular weight is 640 g/mol. The van der Waals surface area contributed by atoms with E-state index in [4.69, 9.17) is 32.5 Å². The Kier molecular flexibility index (Phi) is 7.97. The maximum absolute atomic E-state index is 16.0. The summed E-state index contributed by atoms with van der Waals surface area (Å²) in [4.78, 5) is 20.6. The number of fused-ring (bicyclic) bond motifs is 1. The van der Waals surface area contributed by atoms with Gasteiger partial charge in [0.2, 0.25) is 0 Å². The number of carbonyl (C=O) groups is 1. The van der Waals surface area contributed by atoms with Gasteiger partial charge < -0.3 is 31.4 Å². The Morgan fingerprint density at radius 2 is 1.98 bits per heavy atom. The minimum Gasteiger partial charge on any atom is -0.495 e. The van der Waals surface area contributed by atoms with Gasteiger partial charge in [-0.15, -0.1) is 0 Å². The van der Waals surface area contributed by atoms with E-state index in [2.05, 4.69) is 15.3 Å². The molecule has 44 heavy (non-hydrogen) atoms. The number of nitrogens with zero attached hydrogens (tertiary/aromatic N) is 2. The molecule has 3 aromatic rings. The van der Waals surface area contributed by atoms with Crippen LogP contribution in [0.25, 0.3) is 11.3 Å². The van der Waals surface area contributed by atoms with Crippen LogP contribution in [0.5, 0.6) is 11.5 Å². The summed E-state index contributed by atoms with van der Waals surface area (Å²) in [6.45, 7) is -2.22. The number of pyridine rings is 1. The van der Waals surface area contributed by atoms with Crippen LogP contribution in [0.4, 0.5) is 27.6 Å². The molecule has 2 aliphatic rings. The van der Waals surface area contributed by atoms with Crippen LogP contribution in [-0.4, -0.2) is 54.7 Å². The van der Waals surface area contributed by atoms with Crippen molar-refractivity contribution in [2.24, 2.45) is 10.7 Å². The number of hydrogen-bond acceptors (Lipinski definition) is 8. The number of benzene rings is 2. The molecular weight excluding hydrogens is 613 g/mol. The zero-order valence-corrected chi connectivity index (χ0v) is 24.1. The van der Waals surface area contributed by atoms with E-state index in [-0.39, 0.29) is 70.3 Å². The number of alkyl halides is 3. The number of rotatable bonds is 9. The lowest BCUT2D eigenvalue weighted by Crippen LogP contribution is -2.49. The summed E-state index contributed by atoms with van der Waals surface area (Å²) in [5.41, 5.74) is 5.70. The van der Waals surface area contributed by atoms with Gasteiger partial charge in [0.25, 0.3) is 5.91 Å². The summed E-state index contributed by atoms with van der Waals surface area (Å²) in [7, 11) is 1.25. The van der Waals surface area contributed by atoms with Crippen molar-refractivity contribution >= 4 is 29.4 Å². The van der Waals surface area contributed by atoms with E-state index in [0.717, 1.165) is 12.3 Å². The number of hydrogen-bond donors (Lipinski definition) is 4. The van der Waals surface area contributed by atoms with E-state index in [1.54, 1.807) is 6.92 Å². The summed E-state index contributed by atoms with van der Waals surface area (Å²) >= 11 is 5.92. The van der Waals surface area contributed by atoms with Gasteiger partial charge in [0.1, 0.15) is 35.4 Å². The molecule has 2 aromatic carbocycles.